The molecule has 2 aromatic rings. The fourth-order valence-corrected chi connectivity index (χ4v) is 4.03. The molecule has 0 aliphatic carbocycles. The van der Waals surface area contributed by atoms with Gasteiger partial charge in [-0.25, -0.2) is 8.42 Å². The van der Waals surface area contributed by atoms with E-state index in [2.05, 4.69) is 21.2 Å². The van der Waals surface area contributed by atoms with E-state index in [1.807, 2.05) is 24.3 Å². The van der Waals surface area contributed by atoms with Gasteiger partial charge in [-0.15, -0.1) is 0 Å². The highest BCUT2D eigenvalue weighted by Crippen LogP contribution is 2.23. The molecule has 0 heterocycles. The molecule has 0 aliphatic rings. The Balaban J connectivity index is 1.60. The number of carbonyl (C=O) groups excluding carboxylic acids is 1. The Kier molecular flexibility index (Phi) is 8.12. The third-order valence-corrected chi connectivity index (χ3v) is 6.13. The zero-order valence-electron chi connectivity index (χ0n) is 14.4. The van der Waals surface area contributed by atoms with Crippen LogP contribution in [0.3, 0.4) is 0 Å². The average molecular weight is 440 g/mol. The Labute approximate surface area is 162 Å². The molecule has 1 N–H and O–H groups in total. The molecule has 1 amide bonds. The van der Waals surface area contributed by atoms with E-state index in [9.17, 15) is 13.2 Å². The van der Waals surface area contributed by atoms with Crippen molar-refractivity contribution < 1.29 is 17.9 Å². The number of hydrogen-bond acceptors (Lipinski definition) is 4. The normalized spacial score (nSPS) is 11.1. The third kappa shape index (κ3) is 6.80. The van der Waals surface area contributed by atoms with Gasteiger partial charge >= 0.3 is 0 Å². The molecular formula is C19H22BrNO4S. The SMILES string of the molecule is O=C(CCCOc1ccccc1Br)NCCCS(=O)(=O)c1ccccc1. The first-order valence-electron chi connectivity index (χ1n) is 8.41. The highest BCUT2D eigenvalue weighted by molar-refractivity contribution is 9.10. The van der Waals surface area contributed by atoms with Crippen molar-refractivity contribution in [2.75, 3.05) is 18.9 Å². The quantitative estimate of drug-likeness (QED) is 0.574. The summed E-state index contributed by atoms with van der Waals surface area (Å²) in [6.45, 7) is 0.786. The van der Waals surface area contributed by atoms with Gasteiger partial charge in [-0.1, -0.05) is 30.3 Å². The Hall–Kier alpha value is -1.86. The highest BCUT2D eigenvalue weighted by Gasteiger charge is 2.13. The summed E-state index contributed by atoms with van der Waals surface area (Å²) >= 11 is 3.40. The van der Waals surface area contributed by atoms with Crippen LogP contribution in [0.4, 0.5) is 0 Å². The zero-order valence-corrected chi connectivity index (χ0v) is 16.8. The molecule has 0 aromatic heterocycles. The molecule has 7 heteroatoms. The van der Waals surface area contributed by atoms with Gasteiger partial charge in [-0.05, 0) is 53.0 Å². The molecule has 0 saturated heterocycles. The van der Waals surface area contributed by atoms with Gasteiger partial charge in [0.2, 0.25) is 5.91 Å². The summed E-state index contributed by atoms with van der Waals surface area (Å²) in [5.74, 6) is 0.666. The first-order valence-corrected chi connectivity index (χ1v) is 10.9. The van der Waals surface area contributed by atoms with Crippen LogP contribution in [-0.2, 0) is 14.6 Å². The number of rotatable bonds is 10. The van der Waals surface area contributed by atoms with E-state index in [4.69, 9.17) is 4.74 Å². The maximum Gasteiger partial charge on any atom is 0.220 e. The van der Waals surface area contributed by atoms with Gasteiger partial charge in [-0.2, -0.15) is 0 Å². The minimum absolute atomic E-state index is 0.0163. The van der Waals surface area contributed by atoms with Gasteiger partial charge in [-0.3, -0.25) is 4.79 Å². The summed E-state index contributed by atoms with van der Waals surface area (Å²) in [6, 6.07) is 15.9. The Morgan fingerprint density at radius 3 is 2.42 bits per heavy atom. The molecule has 26 heavy (non-hydrogen) atoms. The van der Waals surface area contributed by atoms with Crippen molar-refractivity contribution in [3.63, 3.8) is 0 Å². The summed E-state index contributed by atoms with van der Waals surface area (Å²) in [7, 11) is -3.29. The molecule has 2 rings (SSSR count). The minimum Gasteiger partial charge on any atom is -0.492 e. The second-order valence-corrected chi connectivity index (χ2v) is 8.68. The van der Waals surface area contributed by atoms with Crippen LogP contribution in [0.2, 0.25) is 0 Å². The van der Waals surface area contributed by atoms with Crippen molar-refractivity contribution in [3.05, 3.63) is 59.1 Å². The lowest BCUT2D eigenvalue weighted by molar-refractivity contribution is -0.121. The number of para-hydroxylation sites is 1. The van der Waals surface area contributed by atoms with Crippen LogP contribution in [0.25, 0.3) is 0 Å². The van der Waals surface area contributed by atoms with Crippen molar-refractivity contribution in [2.45, 2.75) is 24.2 Å². The molecule has 0 fully saturated rings. The maximum atomic E-state index is 12.1. The topological polar surface area (TPSA) is 72.5 Å². The largest absolute Gasteiger partial charge is 0.492 e. The molecule has 2 aromatic carbocycles. The number of hydrogen-bond donors (Lipinski definition) is 1. The van der Waals surface area contributed by atoms with Gasteiger partial charge < -0.3 is 10.1 Å². The van der Waals surface area contributed by atoms with Crippen LogP contribution in [0.5, 0.6) is 5.75 Å². The molecule has 0 atom stereocenters. The molecule has 0 aliphatic heterocycles. The lowest BCUT2D eigenvalue weighted by Crippen LogP contribution is -2.26. The van der Waals surface area contributed by atoms with Gasteiger partial charge in [0.15, 0.2) is 9.84 Å². The summed E-state index contributed by atoms with van der Waals surface area (Å²) in [4.78, 5) is 12.1. The molecule has 0 bridgehead atoms. The lowest BCUT2D eigenvalue weighted by atomic mass is 10.3. The molecule has 0 radical (unpaired) electrons. The van der Waals surface area contributed by atoms with Crippen molar-refractivity contribution in [1.29, 1.82) is 0 Å². The van der Waals surface area contributed by atoms with Crippen LogP contribution in [-0.4, -0.2) is 33.2 Å². The van der Waals surface area contributed by atoms with E-state index < -0.39 is 9.84 Å². The van der Waals surface area contributed by atoms with Crippen LogP contribution in [0, 0.1) is 0 Å². The molecule has 0 unspecified atom stereocenters. The van der Waals surface area contributed by atoms with E-state index in [-0.39, 0.29) is 11.7 Å². The number of ether oxygens (including phenoxy) is 1. The summed E-state index contributed by atoms with van der Waals surface area (Å²) < 4.78 is 30.7. The van der Waals surface area contributed by atoms with Crippen LogP contribution in [0.1, 0.15) is 19.3 Å². The average Bonchev–Trinajstić information content (AvgIpc) is 2.64. The van der Waals surface area contributed by atoms with Gasteiger partial charge in [0.25, 0.3) is 0 Å². The number of halogens is 1. The fourth-order valence-electron chi connectivity index (χ4n) is 2.30. The van der Waals surface area contributed by atoms with E-state index in [0.29, 0.717) is 37.3 Å². The fraction of sp³-hybridized carbons (Fsp3) is 0.316. The lowest BCUT2D eigenvalue weighted by Gasteiger charge is -2.08. The van der Waals surface area contributed by atoms with Gasteiger partial charge in [0.1, 0.15) is 5.75 Å². The maximum absolute atomic E-state index is 12.1. The predicted octanol–water partition coefficient (Wildman–Crippen LogP) is 3.59. The van der Waals surface area contributed by atoms with E-state index >= 15 is 0 Å². The van der Waals surface area contributed by atoms with E-state index in [1.54, 1.807) is 30.3 Å². The Morgan fingerprint density at radius 1 is 1.00 bits per heavy atom. The summed E-state index contributed by atoms with van der Waals surface area (Å²) in [5, 5.41) is 2.75. The molecule has 0 spiro atoms. The van der Waals surface area contributed by atoms with Gasteiger partial charge in [0, 0.05) is 13.0 Å². The first kappa shape index (κ1) is 20.5. The zero-order chi connectivity index (χ0) is 18.8. The Bertz CT molecular complexity index is 809. The van der Waals surface area contributed by atoms with Crippen molar-refractivity contribution >= 4 is 31.7 Å². The van der Waals surface area contributed by atoms with Crippen LogP contribution >= 0.6 is 15.9 Å². The molecule has 0 saturated carbocycles. The van der Waals surface area contributed by atoms with Crippen molar-refractivity contribution in [1.82, 2.24) is 5.32 Å². The molecule has 140 valence electrons. The highest BCUT2D eigenvalue weighted by atomic mass is 79.9. The number of nitrogens with one attached hydrogen (secondary N) is 1. The summed E-state index contributed by atoms with van der Waals surface area (Å²) in [5.41, 5.74) is 0. The number of benzene rings is 2. The molecule has 5 nitrogen and oxygen atoms in total. The van der Waals surface area contributed by atoms with E-state index in [0.717, 1.165) is 10.2 Å². The van der Waals surface area contributed by atoms with Crippen LogP contribution in [0.15, 0.2) is 64.0 Å². The van der Waals surface area contributed by atoms with E-state index in [1.165, 1.54) is 0 Å². The summed E-state index contributed by atoms with van der Waals surface area (Å²) in [6.07, 6.45) is 1.32. The third-order valence-electron chi connectivity index (χ3n) is 3.66. The number of sulfone groups is 1. The monoisotopic (exact) mass is 439 g/mol. The minimum atomic E-state index is -3.29. The predicted molar refractivity (Wildman–Crippen MR) is 105 cm³/mol. The molecular weight excluding hydrogens is 418 g/mol. The van der Waals surface area contributed by atoms with Crippen LogP contribution < -0.4 is 10.1 Å². The standard InChI is InChI=1S/C19H22BrNO4S/c20-17-10-4-5-11-18(17)25-14-6-12-19(22)21-13-7-15-26(23,24)16-8-2-1-3-9-16/h1-5,8-11H,6-7,12-15H2,(H,21,22). The van der Waals surface area contributed by atoms with Crippen molar-refractivity contribution in [3.8, 4) is 5.75 Å². The van der Waals surface area contributed by atoms with Gasteiger partial charge in [0.05, 0.1) is 21.7 Å². The first-order chi connectivity index (χ1) is 12.5. The number of amides is 1. The smallest absolute Gasteiger partial charge is 0.220 e. The Morgan fingerprint density at radius 2 is 1.69 bits per heavy atom. The number of carbonyl (C=O) groups is 1. The van der Waals surface area contributed by atoms with Crippen molar-refractivity contribution in [2.24, 2.45) is 0 Å². The second-order valence-electron chi connectivity index (χ2n) is 5.72. The second kappa shape index (κ2) is 10.3.